The van der Waals surface area contributed by atoms with Gasteiger partial charge in [-0.15, -0.1) is 6.42 Å². The molecule has 0 aromatic carbocycles. The fourth-order valence-corrected chi connectivity index (χ4v) is 1.40. The van der Waals surface area contributed by atoms with Gasteiger partial charge in [0.25, 0.3) is 0 Å². The van der Waals surface area contributed by atoms with Crippen molar-refractivity contribution in [1.29, 1.82) is 0 Å². The van der Waals surface area contributed by atoms with Crippen molar-refractivity contribution in [2.75, 3.05) is 13.2 Å². The molecule has 0 saturated carbocycles. The molecule has 0 spiro atoms. The van der Waals surface area contributed by atoms with E-state index in [1.54, 1.807) is 0 Å². The lowest BCUT2D eigenvalue weighted by molar-refractivity contribution is 0.136. The predicted molar refractivity (Wildman–Crippen MR) is 52.1 cm³/mol. The van der Waals surface area contributed by atoms with Gasteiger partial charge in [-0.05, 0) is 24.5 Å². The van der Waals surface area contributed by atoms with E-state index in [1.165, 1.54) is 0 Å². The molecule has 2 heteroatoms. The summed E-state index contributed by atoms with van der Waals surface area (Å²) >= 11 is 0. The van der Waals surface area contributed by atoms with Crippen LogP contribution in [0.3, 0.4) is 0 Å². The number of aliphatic hydroxyl groups excluding tert-OH is 1. The lowest BCUT2D eigenvalue weighted by Crippen LogP contribution is -2.19. The lowest BCUT2D eigenvalue weighted by Gasteiger charge is -2.22. The molecule has 0 bridgehead atoms. The molecule has 1 aliphatic rings. The van der Waals surface area contributed by atoms with E-state index >= 15 is 0 Å². The topological polar surface area (TPSA) is 29.5 Å². The van der Waals surface area contributed by atoms with Gasteiger partial charge in [0.1, 0.15) is 6.10 Å². The third-order valence-corrected chi connectivity index (χ3v) is 2.15. The maximum Gasteiger partial charge on any atom is 0.136 e. The zero-order chi connectivity index (χ0) is 9.84. The monoisotopic (exact) mass is 178 g/mol. The molecule has 1 atom stereocenters. The van der Waals surface area contributed by atoms with Gasteiger partial charge in [-0.1, -0.05) is 18.1 Å². The Hall–Kier alpha value is -1.04. The highest BCUT2D eigenvalue weighted by atomic mass is 16.5. The molecule has 13 heavy (non-hydrogen) atoms. The van der Waals surface area contributed by atoms with Crippen LogP contribution in [0.2, 0.25) is 0 Å². The van der Waals surface area contributed by atoms with Crippen LogP contribution < -0.4 is 0 Å². The van der Waals surface area contributed by atoms with E-state index in [-0.39, 0.29) is 0 Å². The van der Waals surface area contributed by atoms with Crippen LogP contribution in [0.1, 0.15) is 13.3 Å². The van der Waals surface area contributed by atoms with Crippen LogP contribution in [0.4, 0.5) is 0 Å². The Bertz CT molecular complexity index is 281. The number of rotatable bonds is 2. The summed E-state index contributed by atoms with van der Waals surface area (Å²) in [5.41, 5.74) is 2.78. The third kappa shape index (κ3) is 2.21. The highest BCUT2D eigenvalue weighted by molar-refractivity contribution is 5.38. The summed E-state index contributed by atoms with van der Waals surface area (Å²) in [7, 11) is 0. The molecule has 1 aliphatic heterocycles. The summed E-state index contributed by atoms with van der Waals surface area (Å²) in [6, 6.07) is 0. The molecule has 0 fully saturated rings. The zero-order valence-corrected chi connectivity index (χ0v) is 7.84. The fraction of sp³-hybridized carbons (Fsp3) is 0.455. The first kappa shape index (κ1) is 10.0. The van der Waals surface area contributed by atoms with Gasteiger partial charge in [-0.25, -0.2) is 0 Å². The van der Waals surface area contributed by atoms with Crippen molar-refractivity contribution in [3.8, 4) is 12.3 Å². The fourth-order valence-electron chi connectivity index (χ4n) is 1.40. The Morgan fingerprint density at radius 1 is 1.77 bits per heavy atom. The molecular formula is C11H14O2. The number of hydrogen-bond donors (Lipinski definition) is 1. The second kappa shape index (κ2) is 4.27. The minimum Gasteiger partial charge on any atom is -0.376 e. The molecule has 0 saturated heterocycles. The van der Waals surface area contributed by atoms with Crippen molar-refractivity contribution < 1.29 is 9.84 Å². The smallest absolute Gasteiger partial charge is 0.136 e. The van der Waals surface area contributed by atoms with E-state index in [1.807, 2.05) is 6.92 Å². The van der Waals surface area contributed by atoms with E-state index in [2.05, 4.69) is 12.5 Å². The SMILES string of the molecule is C#CC(O)C1=C(C(=C)C)COCC1. The largest absolute Gasteiger partial charge is 0.376 e. The van der Waals surface area contributed by atoms with Crippen LogP contribution in [0.5, 0.6) is 0 Å². The zero-order valence-electron chi connectivity index (χ0n) is 7.84. The summed E-state index contributed by atoms with van der Waals surface area (Å²) in [6.45, 7) is 6.87. The Balaban J connectivity index is 2.98. The highest BCUT2D eigenvalue weighted by Crippen LogP contribution is 2.23. The molecule has 1 N–H and O–H groups in total. The molecule has 0 aromatic heterocycles. The van der Waals surface area contributed by atoms with Gasteiger partial charge in [-0.3, -0.25) is 0 Å². The predicted octanol–water partition coefficient (Wildman–Crippen LogP) is 1.27. The summed E-state index contributed by atoms with van der Waals surface area (Å²) < 4.78 is 5.27. The normalized spacial score (nSPS) is 19.5. The van der Waals surface area contributed by atoms with E-state index in [9.17, 15) is 5.11 Å². The molecule has 0 aromatic rings. The van der Waals surface area contributed by atoms with Crippen LogP contribution in [-0.4, -0.2) is 24.4 Å². The molecule has 2 nitrogen and oxygen atoms in total. The first-order valence-corrected chi connectivity index (χ1v) is 4.26. The van der Waals surface area contributed by atoms with Crippen LogP contribution in [0.25, 0.3) is 0 Å². The number of terminal acetylenes is 1. The van der Waals surface area contributed by atoms with Crippen molar-refractivity contribution in [2.45, 2.75) is 19.4 Å². The van der Waals surface area contributed by atoms with Crippen molar-refractivity contribution >= 4 is 0 Å². The second-order valence-electron chi connectivity index (χ2n) is 3.16. The molecular weight excluding hydrogens is 164 g/mol. The van der Waals surface area contributed by atoms with Gasteiger partial charge in [0.05, 0.1) is 13.2 Å². The van der Waals surface area contributed by atoms with Crippen molar-refractivity contribution in [3.63, 3.8) is 0 Å². The van der Waals surface area contributed by atoms with Crippen LogP contribution in [0.15, 0.2) is 23.3 Å². The average molecular weight is 178 g/mol. The van der Waals surface area contributed by atoms with Gasteiger partial charge in [0.15, 0.2) is 0 Å². The van der Waals surface area contributed by atoms with Gasteiger partial charge >= 0.3 is 0 Å². The molecule has 1 rings (SSSR count). The van der Waals surface area contributed by atoms with Crippen molar-refractivity contribution in [3.05, 3.63) is 23.3 Å². The molecule has 0 amide bonds. The van der Waals surface area contributed by atoms with Gasteiger partial charge < -0.3 is 9.84 Å². The molecule has 70 valence electrons. The van der Waals surface area contributed by atoms with Crippen LogP contribution in [0, 0.1) is 12.3 Å². The molecule has 1 unspecified atom stereocenters. The maximum atomic E-state index is 9.51. The van der Waals surface area contributed by atoms with Crippen LogP contribution >= 0.6 is 0 Å². The Morgan fingerprint density at radius 2 is 2.46 bits per heavy atom. The van der Waals surface area contributed by atoms with Crippen molar-refractivity contribution in [1.82, 2.24) is 0 Å². The summed E-state index contributed by atoms with van der Waals surface area (Å²) in [6.07, 6.45) is 5.08. The summed E-state index contributed by atoms with van der Waals surface area (Å²) in [5.74, 6) is 2.32. The van der Waals surface area contributed by atoms with Crippen molar-refractivity contribution in [2.24, 2.45) is 0 Å². The Labute approximate surface area is 78.9 Å². The van der Waals surface area contributed by atoms with Gasteiger partial charge in [-0.2, -0.15) is 0 Å². The van der Waals surface area contributed by atoms with E-state index in [0.29, 0.717) is 19.6 Å². The summed E-state index contributed by atoms with van der Waals surface area (Å²) in [4.78, 5) is 0. The second-order valence-corrected chi connectivity index (χ2v) is 3.16. The lowest BCUT2D eigenvalue weighted by atomic mass is 9.95. The molecule has 0 radical (unpaired) electrons. The van der Waals surface area contributed by atoms with E-state index in [0.717, 1.165) is 16.7 Å². The van der Waals surface area contributed by atoms with E-state index < -0.39 is 6.10 Å². The third-order valence-electron chi connectivity index (χ3n) is 2.15. The Kier molecular flexibility index (Phi) is 3.30. The van der Waals surface area contributed by atoms with E-state index in [4.69, 9.17) is 11.2 Å². The number of hydrogen-bond acceptors (Lipinski definition) is 2. The Morgan fingerprint density at radius 3 is 3.00 bits per heavy atom. The number of ether oxygens (including phenoxy) is 1. The summed E-state index contributed by atoms with van der Waals surface area (Å²) in [5, 5.41) is 9.51. The maximum absolute atomic E-state index is 9.51. The molecule has 1 heterocycles. The molecule has 0 aliphatic carbocycles. The highest BCUT2D eigenvalue weighted by Gasteiger charge is 2.18. The standard InChI is InChI=1S/C11H14O2/c1-4-11(12)9-5-6-13-7-10(9)8(2)3/h1,11-12H,2,5-7H2,3H3. The number of aliphatic hydroxyl groups is 1. The first-order chi connectivity index (χ1) is 6.16. The van der Waals surface area contributed by atoms with Gasteiger partial charge in [0.2, 0.25) is 0 Å². The van der Waals surface area contributed by atoms with Crippen LogP contribution in [-0.2, 0) is 4.74 Å². The first-order valence-electron chi connectivity index (χ1n) is 4.26. The average Bonchev–Trinajstić information content (AvgIpc) is 2.16. The minimum atomic E-state index is -0.782. The minimum absolute atomic E-state index is 0.517. The quantitative estimate of drug-likeness (QED) is 0.645. The van der Waals surface area contributed by atoms with Gasteiger partial charge in [0, 0.05) is 0 Å².